The number of carbonyl (C=O) groups is 1. The van der Waals surface area contributed by atoms with E-state index in [4.69, 9.17) is 4.42 Å². The summed E-state index contributed by atoms with van der Waals surface area (Å²) in [6.45, 7) is 0.289. The molecule has 1 saturated heterocycles. The monoisotopic (exact) mass is 628 g/mol. The van der Waals surface area contributed by atoms with Gasteiger partial charge in [0.2, 0.25) is 0 Å². The van der Waals surface area contributed by atoms with E-state index in [9.17, 15) is 9.90 Å². The summed E-state index contributed by atoms with van der Waals surface area (Å²) in [5.74, 6) is 0.667. The summed E-state index contributed by atoms with van der Waals surface area (Å²) in [5.41, 5.74) is 1.37. The van der Waals surface area contributed by atoms with E-state index in [1.807, 2.05) is 48.5 Å². The number of nitrogens with zero attached hydrogens (tertiary/aromatic N) is 2. The first-order valence-electron chi connectivity index (χ1n) is 8.57. The molecule has 5 nitrogen and oxygen atoms in total. The molecule has 0 bridgehead atoms. The second-order valence-corrected chi connectivity index (χ2v) is 9.55. The van der Waals surface area contributed by atoms with Gasteiger partial charge in [0.1, 0.15) is 11.5 Å². The van der Waals surface area contributed by atoms with Gasteiger partial charge in [0.05, 0.1) is 27.0 Å². The third-order valence-corrected chi connectivity index (χ3v) is 6.56. The zero-order chi connectivity index (χ0) is 20.4. The number of aliphatic imine (C=N–C) groups is 1. The molecular weight excluding hydrogens is 614 g/mol. The van der Waals surface area contributed by atoms with Crippen LogP contribution in [0.25, 0.3) is 6.08 Å². The number of furan rings is 1. The zero-order valence-electron chi connectivity index (χ0n) is 14.9. The Labute approximate surface area is 199 Å². The lowest BCUT2D eigenvalue weighted by Crippen LogP contribution is -2.28. The highest BCUT2D eigenvalue weighted by Crippen LogP contribution is 2.37. The molecule has 0 radical (unpaired) electrons. The number of halogens is 2. The lowest BCUT2D eigenvalue weighted by molar-refractivity contribution is -0.122. The number of rotatable bonds is 4. The number of benzene rings is 2. The van der Waals surface area contributed by atoms with Crippen LogP contribution in [0.5, 0.6) is 5.75 Å². The number of hydrogen-bond donors (Lipinski definition) is 1. The van der Waals surface area contributed by atoms with Gasteiger partial charge in [0.25, 0.3) is 5.91 Å². The zero-order valence-corrected chi connectivity index (χ0v) is 20.0. The van der Waals surface area contributed by atoms with Crippen molar-refractivity contribution in [1.82, 2.24) is 4.90 Å². The molecular formula is C21H14I2N2O3S. The van der Waals surface area contributed by atoms with Gasteiger partial charge in [-0.05, 0) is 99.4 Å². The Morgan fingerprint density at radius 1 is 1.14 bits per heavy atom. The van der Waals surface area contributed by atoms with Crippen molar-refractivity contribution in [2.45, 2.75) is 6.54 Å². The molecule has 0 aliphatic carbocycles. The Kier molecular flexibility index (Phi) is 6.30. The topological polar surface area (TPSA) is 66.0 Å². The van der Waals surface area contributed by atoms with Crippen LogP contribution >= 0.6 is 56.9 Å². The van der Waals surface area contributed by atoms with Crippen LogP contribution in [0.4, 0.5) is 5.69 Å². The number of phenols is 1. The van der Waals surface area contributed by atoms with Crippen LogP contribution in [0, 0.1) is 7.14 Å². The van der Waals surface area contributed by atoms with Gasteiger partial charge in [-0.2, -0.15) is 0 Å². The molecule has 1 aliphatic rings. The molecule has 1 amide bonds. The quantitative estimate of drug-likeness (QED) is 0.285. The maximum absolute atomic E-state index is 13.1. The summed E-state index contributed by atoms with van der Waals surface area (Å²) < 4.78 is 7.15. The number of amides is 1. The minimum absolute atomic E-state index is 0.165. The molecule has 1 fully saturated rings. The normalized spacial score (nSPS) is 16.9. The fourth-order valence-corrected chi connectivity index (χ4v) is 5.62. The Hall–Kier alpha value is -1.79. The third kappa shape index (κ3) is 4.69. The molecule has 2 heterocycles. The maximum atomic E-state index is 13.1. The van der Waals surface area contributed by atoms with Crippen molar-refractivity contribution in [2.75, 3.05) is 0 Å². The number of thioether (sulfide) groups is 1. The summed E-state index contributed by atoms with van der Waals surface area (Å²) in [6, 6.07) is 16.9. The molecule has 0 saturated carbocycles. The number of carbonyl (C=O) groups excluding carboxylic acids is 1. The Bertz CT molecular complexity index is 1110. The van der Waals surface area contributed by atoms with E-state index < -0.39 is 0 Å². The Morgan fingerprint density at radius 2 is 1.93 bits per heavy atom. The second-order valence-electron chi connectivity index (χ2n) is 6.14. The van der Waals surface area contributed by atoms with Gasteiger partial charge in [0.15, 0.2) is 5.17 Å². The van der Waals surface area contributed by atoms with Gasteiger partial charge in [-0.15, -0.1) is 0 Å². The van der Waals surface area contributed by atoms with Gasteiger partial charge in [0, 0.05) is 9.13 Å². The average Bonchev–Trinajstić information content (AvgIpc) is 3.31. The van der Waals surface area contributed by atoms with E-state index in [2.05, 4.69) is 50.2 Å². The highest BCUT2D eigenvalue weighted by molar-refractivity contribution is 14.1. The molecule has 1 aliphatic heterocycles. The lowest BCUT2D eigenvalue weighted by Gasteiger charge is -2.13. The first kappa shape index (κ1) is 20.5. The van der Waals surface area contributed by atoms with Crippen molar-refractivity contribution < 1.29 is 14.3 Å². The van der Waals surface area contributed by atoms with Crippen molar-refractivity contribution in [3.8, 4) is 5.75 Å². The highest BCUT2D eigenvalue weighted by atomic mass is 127. The van der Waals surface area contributed by atoms with Gasteiger partial charge in [-0.1, -0.05) is 18.2 Å². The van der Waals surface area contributed by atoms with Crippen LogP contribution in [-0.2, 0) is 11.3 Å². The standard InChI is InChI=1S/C21H14I2N2O3S/c22-14-9-13(19(26)17(23)11-14)10-18-20(27)25(12-16-7-4-8-28-16)21(29-18)24-15-5-2-1-3-6-15/h1-11,26H,12H2/b18-10-,24-21?. The predicted molar refractivity (Wildman–Crippen MR) is 132 cm³/mol. The molecule has 0 unspecified atom stereocenters. The minimum atomic E-state index is -0.172. The van der Waals surface area contributed by atoms with Crippen LogP contribution < -0.4 is 0 Å². The number of hydrogen-bond acceptors (Lipinski definition) is 5. The maximum Gasteiger partial charge on any atom is 0.267 e. The molecule has 2 aromatic carbocycles. The first-order chi connectivity index (χ1) is 14.0. The molecule has 3 aromatic rings. The first-order valence-corrected chi connectivity index (χ1v) is 11.5. The van der Waals surface area contributed by atoms with Gasteiger partial charge in [-0.3, -0.25) is 9.69 Å². The summed E-state index contributed by atoms with van der Waals surface area (Å²) in [5, 5.41) is 11.0. The van der Waals surface area contributed by atoms with Crippen molar-refractivity contribution in [1.29, 1.82) is 0 Å². The number of para-hydroxylation sites is 1. The molecule has 1 N–H and O–H groups in total. The summed E-state index contributed by atoms with van der Waals surface area (Å²) in [4.78, 5) is 19.9. The Balaban J connectivity index is 1.74. The van der Waals surface area contributed by atoms with Crippen LogP contribution in [-0.4, -0.2) is 21.1 Å². The van der Waals surface area contributed by atoms with Gasteiger partial charge in [-0.25, -0.2) is 4.99 Å². The fourth-order valence-electron chi connectivity index (χ4n) is 2.74. The molecule has 1 aromatic heterocycles. The van der Waals surface area contributed by atoms with E-state index in [1.165, 1.54) is 11.8 Å². The van der Waals surface area contributed by atoms with Crippen molar-refractivity contribution in [3.05, 3.63) is 84.2 Å². The smallest absolute Gasteiger partial charge is 0.267 e. The van der Waals surface area contributed by atoms with Crippen molar-refractivity contribution >= 4 is 79.8 Å². The van der Waals surface area contributed by atoms with E-state index in [0.29, 0.717) is 21.4 Å². The predicted octanol–water partition coefficient (Wildman–Crippen LogP) is 6.00. The van der Waals surface area contributed by atoms with Crippen LogP contribution in [0.2, 0.25) is 0 Å². The van der Waals surface area contributed by atoms with E-state index >= 15 is 0 Å². The molecule has 29 heavy (non-hydrogen) atoms. The largest absolute Gasteiger partial charge is 0.506 e. The minimum Gasteiger partial charge on any atom is -0.506 e. The SMILES string of the molecule is O=C1/C(=C/c2cc(I)cc(I)c2O)SC(=Nc2ccccc2)N1Cc1ccco1. The van der Waals surface area contributed by atoms with E-state index in [1.54, 1.807) is 23.3 Å². The van der Waals surface area contributed by atoms with Crippen LogP contribution in [0.1, 0.15) is 11.3 Å². The van der Waals surface area contributed by atoms with E-state index in [-0.39, 0.29) is 18.2 Å². The lowest BCUT2D eigenvalue weighted by atomic mass is 10.2. The molecule has 4 rings (SSSR count). The van der Waals surface area contributed by atoms with Gasteiger partial charge >= 0.3 is 0 Å². The van der Waals surface area contributed by atoms with Crippen molar-refractivity contribution in [2.24, 2.45) is 4.99 Å². The summed E-state index contributed by atoms with van der Waals surface area (Å²) >= 11 is 5.57. The van der Waals surface area contributed by atoms with Gasteiger partial charge < -0.3 is 9.52 Å². The third-order valence-electron chi connectivity index (χ3n) is 4.11. The van der Waals surface area contributed by atoms with Crippen LogP contribution in [0.15, 0.2) is 75.2 Å². The van der Waals surface area contributed by atoms with Crippen molar-refractivity contribution in [3.63, 3.8) is 0 Å². The molecule has 146 valence electrons. The molecule has 8 heteroatoms. The number of phenolic OH excluding ortho intramolecular Hbond substituents is 1. The highest BCUT2D eigenvalue weighted by Gasteiger charge is 2.34. The summed E-state index contributed by atoms with van der Waals surface area (Å²) in [6.07, 6.45) is 3.30. The number of amidine groups is 1. The van der Waals surface area contributed by atoms with E-state index in [0.717, 1.165) is 12.8 Å². The Morgan fingerprint density at radius 3 is 2.66 bits per heavy atom. The second kappa shape index (κ2) is 8.92. The molecule has 0 atom stereocenters. The fraction of sp³-hybridized carbons (Fsp3) is 0.0476. The average molecular weight is 628 g/mol. The van der Waals surface area contributed by atoms with Crippen LogP contribution in [0.3, 0.4) is 0 Å². The number of aromatic hydroxyl groups is 1. The summed E-state index contributed by atoms with van der Waals surface area (Å²) in [7, 11) is 0. The molecule has 0 spiro atoms.